The first-order chi connectivity index (χ1) is 8.72. The highest BCUT2D eigenvalue weighted by Crippen LogP contribution is 2.29. The molecule has 0 nitrogen and oxygen atoms in total. The van der Waals surface area contributed by atoms with E-state index in [0.29, 0.717) is 0 Å². The monoisotopic (exact) mass is 316 g/mol. The Hall–Kier alpha value is -1.12. The standard InChI is InChI=1S/C16H13BrS/c1-11-6-7-12(15(17)8-11)9-14-10-13-4-2-3-5-16(13)18-14/h2-8,10H,9H2,1H3. The van der Waals surface area contributed by atoms with Gasteiger partial charge in [0.05, 0.1) is 0 Å². The van der Waals surface area contributed by atoms with Gasteiger partial charge in [0, 0.05) is 20.5 Å². The van der Waals surface area contributed by atoms with Crippen molar-refractivity contribution in [2.24, 2.45) is 0 Å². The third kappa shape index (κ3) is 2.36. The molecule has 18 heavy (non-hydrogen) atoms. The van der Waals surface area contributed by atoms with E-state index in [1.807, 2.05) is 11.3 Å². The molecular formula is C16H13BrS. The van der Waals surface area contributed by atoms with Crippen LogP contribution in [0.5, 0.6) is 0 Å². The summed E-state index contributed by atoms with van der Waals surface area (Å²) < 4.78 is 2.58. The van der Waals surface area contributed by atoms with Gasteiger partial charge in [-0.2, -0.15) is 0 Å². The summed E-state index contributed by atoms with van der Waals surface area (Å²) in [6.45, 7) is 2.12. The van der Waals surface area contributed by atoms with Gasteiger partial charge in [-0.15, -0.1) is 11.3 Å². The van der Waals surface area contributed by atoms with Gasteiger partial charge in [-0.25, -0.2) is 0 Å². The molecule has 0 aliphatic carbocycles. The minimum absolute atomic E-state index is 1.00. The molecule has 3 aromatic rings. The van der Waals surface area contributed by atoms with E-state index >= 15 is 0 Å². The largest absolute Gasteiger partial charge is 0.140 e. The lowest BCUT2D eigenvalue weighted by atomic mass is 10.1. The highest BCUT2D eigenvalue weighted by molar-refractivity contribution is 9.10. The van der Waals surface area contributed by atoms with Crippen molar-refractivity contribution in [2.75, 3.05) is 0 Å². The van der Waals surface area contributed by atoms with Crippen molar-refractivity contribution in [1.29, 1.82) is 0 Å². The summed E-state index contributed by atoms with van der Waals surface area (Å²) in [7, 11) is 0. The zero-order chi connectivity index (χ0) is 12.5. The molecule has 0 fully saturated rings. The van der Waals surface area contributed by atoms with E-state index < -0.39 is 0 Å². The summed E-state index contributed by atoms with van der Waals surface area (Å²) in [5.74, 6) is 0. The van der Waals surface area contributed by atoms with Crippen LogP contribution in [-0.2, 0) is 6.42 Å². The van der Waals surface area contributed by atoms with Crippen LogP contribution < -0.4 is 0 Å². The second-order valence-electron chi connectivity index (χ2n) is 4.52. The van der Waals surface area contributed by atoms with Gasteiger partial charge >= 0.3 is 0 Å². The fourth-order valence-corrected chi connectivity index (χ4v) is 3.83. The number of rotatable bonds is 2. The van der Waals surface area contributed by atoms with Crippen molar-refractivity contribution in [1.82, 2.24) is 0 Å². The van der Waals surface area contributed by atoms with Gasteiger partial charge in [0.25, 0.3) is 0 Å². The number of fused-ring (bicyclic) bond motifs is 1. The molecule has 0 bridgehead atoms. The maximum absolute atomic E-state index is 3.65. The molecular weight excluding hydrogens is 304 g/mol. The van der Waals surface area contributed by atoms with Crippen molar-refractivity contribution in [2.45, 2.75) is 13.3 Å². The van der Waals surface area contributed by atoms with Crippen LogP contribution in [0.3, 0.4) is 0 Å². The Kier molecular flexibility index (Phi) is 3.23. The Morgan fingerprint density at radius 3 is 2.67 bits per heavy atom. The lowest BCUT2D eigenvalue weighted by Gasteiger charge is -2.03. The van der Waals surface area contributed by atoms with E-state index in [9.17, 15) is 0 Å². The van der Waals surface area contributed by atoms with Gasteiger partial charge in [-0.3, -0.25) is 0 Å². The molecule has 0 aliphatic rings. The third-order valence-corrected chi connectivity index (χ3v) is 4.90. The quantitative estimate of drug-likeness (QED) is 0.580. The second-order valence-corrected chi connectivity index (χ2v) is 6.54. The SMILES string of the molecule is Cc1ccc(Cc2cc3ccccc3s2)c(Br)c1. The van der Waals surface area contributed by atoms with Crippen LogP contribution in [0.4, 0.5) is 0 Å². The lowest BCUT2D eigenvalue weighted by Crippen LogP contribution is -1.87. The van der Waals surface area contributed by atoms with Crippen LogP contribution in [0.25, 0.3) is 10.1 Å². The van der Waals surface area contributed by atoms with Crippen molar-refractivity contribution in [3.8, 4) is 0 Å². The van der Waals surface area contributed by atoms with Crippen molar-refractivity contribution in [3.63, 3.8) is 0 Å². The van der Waals surface area contributed by atoms with Crippen molar-refractivity contribution >= 4 is 37.4 Å². The lowest BCUT2D eigenvalue weighted by molar-refractivity contribution is 1.21. The third-order valence-electron chi connectivity index (χ3n) is 3.05. The van der Waals surface area contributed by atoms with Crippen molar-refractivity contribution < 1.29 is 0 Å². The number of thiophene rings is 1. The first-order valence-electron chi connectivity index (χ1n) is 5.95. The number of benzene rings is 2. The van der Waals surface area contributed by atoms with Gasteiger partial charge in [0.2, 0.25) is 0 Å². The van der Waals surface area contributed by atoms with Gasteiger partial charge in [0.15, 0.2) is 0 Å². The summed E-state index contributed by atoms with van der Waals surface area (Å²) in [6.07, 6.45) is 1.00. The van der Waals surface area contributed by atoms with Crippen LogP contribution in [0, 0.1) is 6.92 Å². The fourth-order valence-electron chi connectivity index (χ4n) is 2.11. The molecule has 0 spiro atoms. The molecule has 2 heteroatoms. The molecule has 1 aromatic heterocycles. The molecule has 0 radical (unpaired) electrons. The van der Waals surface area contributed by atoms with Crippen LogP contribution in [0.15, 0.2) is 53.0 Å². The normalized spacial score (nSPS) is 11.0. The average molecular weight is 317 g/mol. The predicted molar refractivity (Wildman–Crippen MR) is 83.5 cm³/mol. The topological polar surface area (TPSA) is 0 Å². The van der Waals surface area contributed by atoms with E-state index in [0.717, 1.165) is 6.42 Å². The van der Waals surface area contributed by atoms with Gasteiger partial charge in [-0.05, 0) is 41.6 Å². The maximum Gasteiger partial charge on any atom is 0.0345 e. The summed E-state index contributed by atoms with van der Waals surface area (Å²) in [5.41, 5.74) is 2.65. The number of hydrogen-bond donors (Lipinski definition) is 0. The van der Waals surface area contributed by atoms with E-state index in [4.69, 9.17) is 0 Å². The fraction of sp³-hybridized carbons (Fsp3) is 0.125. The Labute approximate surface area is 119 Å². The molecule has 3 rings (SSSR count). The first-order valence-corrected chi connectivity index (χ1v) is 7.56. The van der Waals surface area contributed by atoms with Gasteiger partial charge in [-0.1, -0.05) is 46.3 Å². The highest BCUT2D eigenvalue weighted by atomic mass is 79.9. The zero-order valence-electron chi connectivity index (χ0n) is 10.1. The summed E-state index contributed by atoms with van der Waals surface area (Å²) in [4.78, 5) is 1.42. The molecule has 0 unspecified atom stereocenters. The minimum atomic E-state index is 1.00. The zero-order valence-corrected chi connectivity index (χ0v) is 12.5. The summed E-state index contributed by atoms with van der Waals surface area (Å²) >= 11 is 5.54. The van der Waals surface area contributed by atoms with Crippen LogP contribution in [0.2, 0.25) is 0 Å². The van der Waals surface area contributed by atoms with Crippen LogP contribution in [0.1, 0.15) is 16.0 Å². The Morgan fingerprint density at radius 2 is 1.89 bits per heavy atom. The molecule has 0 atom stereocenters. The van der Waals surface area contributed by atoms with Crippen molar-refractivity contribution in [3.05, 3.63) is 69.0 Å². The Bertz CT molecular complexity index is 664. The maximum atomic E-state index is 3.65. The molecule has 0 saturated heterocycles. The van der Waals surface area contributed by atoms with Gasteiger partial charge < -0.3 is 0 Å². The van der Waals surface area contributed by atoms with Gasteiger partial charge in [0.1, 0.15) is 0 Å². The molecule has 2 aromatic carbocycles. The number of hydrogen-bond acceptors (Lipinski definition) is 1. The Balaban J connectivity index is 1.96. The molecule has 0 amide bonds. The van der Waals surface area contributed by atoms with E-state index in [1.54, 1.807) is 0 Å². The molecule has 90 valence electrons. The minimum Gasteiger partial charge on any atom is -0.140 e. The highest BCUT2D eigenvalue weighted by Gasteiger charge is 2.05. The van der Waals surface area contributed by atoms with E-state index in [-0.39, 0.29) is 0 Å². The first kappa shape index (κ1) is 11.9. The number of aryl methyl sites for hydroxylation is 1. The average Bonchev–Trinajstić information content (AvgIpc) is 2.75. The molecule has 0 N–H and O–H groups in total. The second kappa shape index (κ2) is 4.87. The summed E-state index contributed by atoms with van der Waals surface area (Å²) in [5, 5.41) is 1.35. The van der Waals surface area contributed by atoms with Crippen LogP contribution in [-0.4, -0.2) is 0 Å². The molecule has 0 saturated carbocycles. The predicted octanol–water partition coefficient (Wildman–Crippen LogP) is 5.56. The Morgan fingerprint density at radius 1 is 1.06 bits per heavy atom. The summed E-state index contributed by atoms with van der Waals surface area (Å²) in [6, 6.07) is 17.4. The molecule has 1 heterocycles. The van der Waals surface area contributed by atoms with Crippen LogP contribution >= 0.6 is 27.3 Å². The molecule has 0 aliphatic heterocycles. The van der Waals surface area contributed by atoms with E-state index in [2.05, 4.69) is 71.4 Å². The van der Waals surface area contributed by atoms with E-state index in [1.165, 1.54) is 30.6 Å². The number of halogens is 1. The smallest absolute Gasteiger partial charge is 0.0345 e.